The van der Waals surface area contributed by atoms with E-state index in [9.17, 15) is 0 Å². The van der Waals surface area contributed by atoms with Crippen molar-refractivity contribution < 1.29 is 6.85 Å². The van der Waals surface area contributed by atoms with Crippen LogP contribution in [0.15, 0.2) is 30.2 Å². The molecular weight excluding hydrogens is 108 g/mol. The summed E-state index contributed by atoms with van der Waals surface area (Å²) in [6.45, 7) is 1.92. The van der Waals surface area contributed by atoms with Crippen molar-refractivity contribution in [2.75, 3.05) is 0 Å². The molecule has 1 aromatic rings. The van der Waals surface area contributed by atoms with Crippen molar-refractivity contribution in [2.24, 2.45) is 0 Å². The molecule has 0 spiro atoms. The minimum atomic E-state index is -0.320. The Balaban J connectivity index is 3.43. The van der Waals surface area contributed by atoms with Gasteiger partial charge in [-0.3, -0.25) is 0 Å². The highest BCUT2D eigenvalue weighted by molar-refractivity contribution is 5.14. The lowest BCUT2D eigenvalue weighted by atomic mass is 10.1. The van der Waals surface area contributed by atoms with E-state index in [0.29, 0.717) is 12.0 Å². The van der Waals surface area contributed by atoms with Gasteiger partial charge in [0.25, 0.3) is 0 Å². The number of rotatable bonds is 2. The van der Waals surface area contributed by atoms with E-state index in [0.717, 1.165) is 6.42 Å². The van der Waals surface area contributed by atoms with Gasteiger partial charge in [0.2, 0.25) is 0 Å². The van der Waals surface area contributed by atoms with Crippen molar-refractivity contribution in [2.45, 2.75) is 19.8 Å². The van der Waals surface area contributed by atoms with E-state index in [1.807, 2.05) is 6.92 Å². The number of hydrogen-bond acceptors (Lipinski definition) is 0. The molecule has 0 radical (unpaired) electrons. The maximum atomic E-state index is 7.57. The molecule has 0 heteroatoms. The summed E-state index contributed by atoms with van der Waals surface area (Å²) in [6.07, 6.45) is 1.30. The van der Waals surface area contributed by atoms with Crippen LogP contribution in [0.1, 0.15) is 25.8 Å². The molecule has 0 nitrogen and oxygen atoms in total. The van der Waals surface area contributed by atoms with Crippen LogP contribution in [-0.4, -0.2) is 0 Å². The zero-order valence-corrected chi connectivity index (χ0v) is 5.41. The van der Waals surface area contributed by atoms with Crippen LogP contribution in [0.5, 0.6) is 0 Å². The highest BCUT2D eigenvalue weighted by atomic mass is 13.9. The third-order valence-electron chi connectivity index (χ3n) is 1.05. The van der Waals surface area contributed by atoms with Crippen molar-refractivity contribution in [1.29, 1.82) is 0 Å². The van der Waals surface area contributed by atoms with E-state index in [2.05, 4.69) is 0 Å². The van der Waals surface area contributed by atoms with Gasteiger partial charge in [0.05, 0.1) is 6.85 Å². The van der Waals surface area contributed by atoms with Gasteiger partial charge in [0.15, 0.2) is 0 Å². The summed E-state index contributed by atoms with van der Waals surface area (Å²) in [4.78, 5) is 0. The Bertz CT molecular complexity index is 330. The van der Waals surface area contributed by atoms with Gasteiger partial charge in [-0.1, -0.05) is 43.6 Å². The van der Waals surface area contributed by atoms with Crippen LogP contribution in [0.2, 0.25) is 0 Å². The fraction of sp³-hybridized carbons (Fsp3) is 0.333. The van der Waals surface area contributed by atoms with Gasteiger partial charge in [0, 0.05) is 0 Å². The molecule has 0 fully saturated rings. The molecule has 0 aliphatic rings. The highest BCUT2D eigenvalue weighted by Crippen LogP contribution is 2.00. The first-order valence-corrected chi connectivity index (χ1v) is 3.06. The lowest BCUT2D eigenvalue weighted by Gasteiger charge is -1.93. The third-order valence-corrected chi connectivity index (χ3v) is 1.05. The standard InChI is InChI=1S/C9H12/c1-2-6-9-7-4-3-5-8-9/h3-5,7-8H,2,6H2,1H3/i3D,4D,5D,7D,8D. The Labute approximate surface area is 63.6 Å². The molecule has 9 heavy (non-hydrogen) atoms. The molecule has 0 saturated carbocycles. The summed E-state index contributed by atoms with van der Waals surface area (Å²) in [5, 5.41) is 0. The maximum absolute atomic E-state index is 7.57. The second kappa shape index (κ2) is 3.29. The summed E-state index contributed by atoms with van der Waals surface area (Å²) < 4.78 is 37.3. The average Bonchev–Trinajstić information content (AvgIpc) is 2.19. The largest absolute Gasteiger partial charge is 0.0651 e. The minimum Gasteiger partial charge on any atom is -0.0651 e. The first kappa shape index (κ1) is 2.45. The van der Waals surface area contributed by atoms with Gasteiger partial charge in [-0.2, -0.15) is 0 Å². The van der Waals surface area contributed by atoms with E-state index < -0.39 is 0 Å². The molecule has 0 unspecified atom stereocenters. The third kappa shape index (κ3) is 1.88. The lowest BCUT2D eigenvalue weighted by Crippen LogP contribution is -1.78. The molecule has 0 heterocycles. The van der Waals surface area contributed by atoms with Crippen LogP contribution in [0, 0.1) is 0 Å². The highest BCUT2D eigenvalue weighted by Gasteiger charge is 1.84. The van der Waals surface area contributed by atoms with Gasteiger partial charge >= 0.3 is 0 Å². The maximum Gasteiger partial charge on any atom is 0.0626 e. The van der Waals surface area contributed by atoms with Crippen LogP contribution >= 0.6 is 0 Å². The van der Waals surface area contributed by atoms with Gasteiger partial charge in [0.1, 0.15) is 0 Å². The van der Waals surface area contributed by atoms with Crippen molar-refractivity contribution in [3.05, 3.63) is 35.8 Å². The summed E-state index contributed by atoms with van der Waals surface area (Å²) >= 11 is 0. The second-order valence-electron chi connectivity index (χ2n) is 1.85. The Kier molecular flexibility index (Phi) is 0.895. The zero-order valence-electron chi connectivity index (χ0n) is 10.4. The zero-order chi connectivity index (χ0) is 10.9. The van der Waals surface area contributed by atoms with E-state index in [1.54, 1.807) is 0 Å². The fourth-order valence-electron chi connectivity index (χ4n) is 0.651. The first-order valence-electron chi connectivity index (χ1n) is 5.56. The van der Waals surface area contributed by atoms with Crippen molar-refractivity contribution in [1.82, 2.24) is 0 Å². The number of benzene rings is 1. The van der Waals surface area contributed by atoms with Crippen molar-refractivity contribution >= 4 is 0 Å². The molecule has 48 valence electrons. The van der Waals surface area contributed by atoms with Crippen molar-refractivity contribution in [3.63, 3.8) is 0 Å². The van der Waals surface area contributed by atoms with Crippen molar-refractivity contribution in [3.8, 4) is 0 Å². The number of hydrogen-bond donors (Lipinski definition) is 0. The van der Waals surface area contributed by atoms with E-state index in [1.165, 1.54) is 0 Å². The van der Waals surface area contributed by atoms with Gasteiger partial charge in [-0.05, 0) is 12.0 Å². The molecule has 0 N–H and O–H groups in total. The molecule has 0 atom stereocenters. The molecule has 0 bridgehead atoms. The molecule has 0 aliphatic carbocycles. The fourth-order valence-corrected chi connectivity index (χ4v) is 0.651. The average molecular weight is 125 g/mol. The SMILES string of the molecule is [2H]c1c([2H])c([2H])c(CCC)c([2H])c1[2H]. The van der Waals surface area contributed by atoms with Crippen LogP contribution in [-0.2, 0) is 6.42 Å². The Morgan fingerprint density at radius 3 is 2.56 bits per heavy atom. The summed E-state index contributed by atoms with van der Waals surface area (Å²) in [6, 6.07) is -0.945. The molecule has 0 aliphatic heterocycles. The van der Waals surface area contributed by atoms with E-state index >= 15 is 0 Å². The monoisotopic (exact) mass is 125 g/mol. The predicted octanol–water partition coefficient (Wildman–Crippen LogP) is 2.64. The first-order chi connectivity index (χ1) is 6.50. The van der Waals surface area contributed by atoms with Crippen LogP contribution in [0.3, 0.4) is 0 Å². The molecule has 0 amide bonds. The molecular formula is C9H12. The Hall–Kier alpha value is -0.780. The summed E-state index contributed by atoms with van der Waals surface area (Å²) in [5.41, 5.74) is 0.415. The lowest BCUT2D eigenvalue weighted by molar-refractivity contribution is 0.922. The van der Waals surface area contributed by atoms with E-state index in [4.69, 9.17) is 6.85 Å². The normalized spacial score (nSPS) is 17.2. The quantitative estimate of drug-likeness (QED) is 0.570. The summed E-state index contributed by atoms with van der Waals surface area (Å²) in [7, 11) is 0. The molecule has 1 aromatic carbocycles. The van der Waals surface area contributed by atoms with E-state index in [-0.39, 0.29) is 30.2 Å². The van der Waals surface area contributed by atoms with Crippen LogP contribution in [0.25, 0.3) is 0 Å². The molecule has 0 saturated heterocycles. The predicted molar refractivity (Wildman–Crippen MR) is 40.4 cm³/mol. The minimum absolute atomic E-state index is 0.0714. The topological polar surface area (TPSA) is 0 Å². The molecule has 1 rings (SSSR count). The summed E-state index contributed by atoms with van der Waals surface area (Å²) in [5.74, 6) is 0. The van der Waals surface area contributed by atoms with Crippen LogP contribution < -0.4 is 0 Å². The van der Waals surface area contributed by atoms with Gasteiger partial charge in [-0.15, -0.1) is 0 Å². The smallest absolute Gasteiger partial charge is 0.0626 e. The second-order valence-corrected chi connectivity index (χ2v) is 1.85. The Morgan fingerprint density at radius 2 is 2.00 bits per heavy atom. The Morgan fingerprint density at radius 1 is 1.33 bits per heavy atom. The molecule has 0 aromatic heterocycles. The van der Waals surface area contributed by atoms with Crippen LogP contribution in [0.4, 0.5) is 0 Å². The van der Waals surface area contributed by atoms with Gasteiger partial charge in [-0.25, -0.2) is 0 Å². The van der Waals surface area contributed by atoms with Gasteiger partial charge < -0.3 is 0 Å².